The number of carbonyl (C=O) groups is 2. The molecular formula is C23H32N4O2S. The molecule has 2 amide bonds. The second-order valence-corrected chi connectivity index (χ2v) is 10.5. The molecule has 7 heteroatoms. The van der Waals surface area contributed by atoms with Crippen molar-refractivity contribution in [3.05, 3.63) is 39.3 Å². The molecule has 2 aromatic rings. The molecule has 1 atom stereocenters. The van der Waals surface area contributed by atoms with Crippen LogP contribution in [0.15, 0.2) is 17.5 Å². The summed E-state index contributed by atoms with van der Waals surface area (Å²) < 4.78 is 1.99. The van der Waals surface area contributed by atoms with Crippen LogP contribution in [-0.2, 0) is 23.3 Å². The van der Waals surface area contributed by atoms with Crippen LogP contribution in [0, 0.1) is 0 Å². The van der Waals surface area contributed by atoms with Gasteiger partial charge in [0.2, 0.25) is 5.91 Å². The van der Waals surface area contributed by atoms with Gasteiger partial charge in [0, 0.05) is 29.6 Å². The third-order valence-corrected chi connectivity index (χ3v) is 6.92. The highest BCUT2D eigenvalue weighted by Gasteiger charge is 2.34. The lowest BCUT2D eigenvalue weighted by atomic mass is 10.1. The molecule has 1 unspecified atom stereocenters. The largest absolute Gasteiger partial charge is 0.339 e. The fourth-order valence-electron chi connectivity index (χ4n) is 4.15. The van der Waals surface area contributed by atoms with Crippen LogP contribution < -0.4 is 5.32 Å². The molecule has 0 aromatic carbocycles. The van der Waals surface area contributed by atoms with Gasteiger partial charge in [0.15, 0.2) is 0 Å². The minimum atomic E-state index is -0.508. The number of fused-ring (bicyclic) bond motifs is 1. The summed E-state index contributed by atoms with van der Waals surface area (Å²) in [7, 11) is 0. The van der Waals surface area contributed by atoms with E-state index in [1.165, 1.54) is 10.4 Å². The van der Waals surface area contributed by atoms with Crippen molar-refractivity contribution >= 4 is 23.2 Å². The average Bonchev–Trinajstić information content (AvgIpc) is 3.26. The van der Waals surface area contributed by atoms with E-state index in [1.54, 1.807) is 11.3 Å². The highest BCUT2D eigenvalue weighted by molar-refractivity contribution is 7.10. The van der Waals surface area contributed by atoms with E-state index in [0.717, 1.165) is 31.4 Å². The number of thiophene rings is 1. The third kappa shape index (κ3) is 4.31. The van der Waals surface area contributed by atoms with Crippen LogP contribution in [0.4, 0.5) is 0 Å². The zero-order valence-corrected chi connectivity index (χ0v) is 19.2. The molecule has 1 aliphatic carbocycles. The normalized spacial score (nSPS) is 17.5. The first-order chi connectivity index (χ1) is 14.3. The Morgan fingerprint density at radius 1 is 1.33 bits per heavy atom. The van der Waals surface area contributed by atoms with Gasteiger partial charge in [0.05, 0.1) is 5.54 Å². The van der Waals surface area contributed by atoms with E-state index in [9.17, 15) is 9.59 Å². The fraction of sp³-hybridized carbons (Fsp3) is 0.609. The first-order valence-electron chi connectivity index (χ1n) is 11.0. The van der Waals surface area contributed by atoms with Gasteiger partial charge in [-0.3, -0.25) is 14.3 Å². The molecule has 1 saturated carbocycles. The van der Waals surface area contributed by atoms with Gasteiger partial charge in [0.25, 0.3) is 5.91 Å². The standard InChI is InChI=1S/C23H32N4O2S/c1-5-6-17(22(29)26-11-9-20-16(14-26)10-12-30-20)24-21(28)18-13-19(15-7-8-15)27(25-18)23(2,3)4/h10,12-13,15,17H,5-9,11,14H2,1-4H3,(H,24,28). The minimum absolute atomic E-state index is 0.0136. The highest BCUT2D eigenvalue weighted by atomic mass is 32.1. The maximum atomic E-state index is 13.2. The number of nitrogens with one attached hydrogen (secondary N) is 1. The van der Waals surface area contributed by atoms with E-state index < -0.39 is 6.04 Å². The number of hydrogen-bond acceptors (Lipinski definition) is 4. The average molecular weight is 429 g/mol. The Kier molecular flexibility index (Phi) is 5.75. The van der Waals surface area contributed by atoms with E-state index >= 15 is 0 Å². The number of carbonyl (C=O) groups excluding carboxylic acids is 2. The Bertz CT molecular complexity index is 935. The Morgan fingerprint density at radius 2 is 2.10 bits per heavy atom. The molecule has 1 N–H and O–H groups in total. The van der Waals surface area contributed by atoms with Crippen LogP contribution >= 0.6 is 11.3 Å². The van der Waals surface area contributed by atoms with Crippen molar-refractivity contribution in [3.8, 4) is 0 Å². The second kappa shape index (κ2) is 8.17. The van der Waals surface area contributed by atoms with Crippen LogP contribution in [0.1, 0.15) is 85.9 Å². The van der Waals surface area contributed by atoms with E-state index in [0.29, 0.717) is 31.1 Å². The van der Waals surface area contributed by atoms with Gasteiger partial charge < -0.3 is 10.2 Å². The van der Waals surface area contributed by atoms with Crippen molar-refractivity contribution in [1.29, 1.82) is 0 Å². The smallest absolute Gasteiger partial charge is 0.272 e. The lowest BCUT2D eigenvalue weighted by molar-refractivity contribution is -0.134. The monoisotopic (exact) mass is 428 g/mol. The minimum Gasteiger partial charge on any atom is -0.339 e. The van der Waals surface area contributed by atoms with Crippen molar-refractivity contribution in [2.24, 2.45) is 0 Å². The second-order valence-electron chi connectivity index (χ2n) is 9.50. The summed E-state index contributed by atoms with van der Waals surface area (Å²) in [5, 5.41) is 9.72. The fourth-order valence-corrected chi connectivity index (χ4v) is 5.04. The Balaban J connectivity index is 1.49. The number of hydrogen-bond donors (Lipinski definition) is 1. The zero-order chi connectivity index (χ0) is 21.5. The summed E-state index contributed by atoms with van der Waals surface area (Å²) in [6.07, 6.45) is 4.66. The van der Waals surface area contributed by atoms with Gasteiger partial charge in [-0.25, -0.2) is 0 Å². The topological polar surface area (TPSA) is 67.2 Å². The van der Waals surface area contributed by atoms with Gasteiger partial charge in [-0.05, 0) is 69.5 Å². The van der Waals surface area contributed by atoms with Crippen molar-refractivity contribution in [3.63, 3.8) is 0 Å². The zero-order valence-electron chi connectivity index (χ0n) is 18.4. The van der Waals surface area contributed by atoms with Gasteiger partial charge in [-0.1, -0.05) is 13.3 Å². The third-order valence-electron chi connectivity index (χ3n) is 5.90. The molecule has 4 rings (SSSR count). The lowest BCUT2D eigenvalue weighted by Crippen LogP contribution is -2.49. The van der Waals surface area contributed by atoms with Crippen LogP contribution in [0.25, 0.3) is 0 Å². The highest BCUT2D eigenvalue weighted by Crippen LogP contribution is 2.41. The summed E-state index contributed by atoms with van der Waals surface area (Å²) >= 11 is 1.76. The molecule has 0 radical (unpaired) electrons. The molecule has 1 fully saturated rings. The molecule has 162 valence electrons. The predicted molar refractivity (Wildman–Crippen MR) is 119 cm³/mol. The predicted octanol–water partition coefficient (Wildman–Crippen LogP) is 4.06. The first-order valence-corrected chi connectivity index (χ1v) is 11.9. The maximum Gasteiger partial charge on any atom is 0.272 e. The van der Waals surface area contributed by atoms with Crippen molar-refractivity contribution in [2.45, 2.75) is 83.8 Å². The molecule has 2 aliphatic rings. The molecule has 6 nitrogen and oxygen atoms in total. The van der Waals surface area contributed by atoms with Crippen LogP contribution in [0.3, 0.4) is 0 Å². The van der Waals surface area contributed by atoms with Gasteiger partial charge >= 0.3 is 0 Å². The molecule has 3 heterocycles. The molecule has 0 bridgehead atoms. The van der Waals surface area contributed by atoms with E-state index in [-0.39, 0.29) is 17.4 Å². The summed E-state index contributed by atoms with van der Waals surface area (Å²) in [6.45, 7) is 9.70. The first kappa shape index (κ1) is 21.1. The van der Waals surface area contributed by atoms with Gasteiger partial charge in [-0.15, -0.1) is 11.3 Å². The molecular weight excluding hydrogens is 396 g/mol. The molecule has 0 saturated heterocycles. The van der Waals surface area contributed by atoms with Crippen LogP contribution in [0.5, 0.6) is 0 Å². The number of rotatable bonds is 6. The number of aromatic nitrogens is 2. The van der Waals surface area contributed by atoms with Crippen molar-refractivity contribution in [1.82, 2.24) is 20.0 Å². The molecule has 0 spiro atoms. The molecule has 1 aliphatic heterocycles. The Labute approximate surface area is 182 Å². The van der Waals surface area contributed by atoms with Crippen LogP contribution in [0.2, 0.25) is 0 Å². The van der Waals surface area contributed by atoms with E-state index in [4.69, 9.17) is 0 Å². The summed E-state index contributed by atoms with van der Waals surface area (Å²) in [4.78, 5) is 29.5. The van der Waals surface area contributed by atoms with E-state index in [1.807, 2.05) is 22.6 Å². The molecule has 30 heavy (non-hydrogen) atoms. The summed E-state index contributed by atoms with van der Waals surface area (Å²) in [5.74, 6) is 0.263. The summed E-state index contributed by atoms with van der Waals surface area (Å²) in [5.41, 5.74) is 2.60. The number of nitrogens with zero attached hydrogens (tertiary/aromatic N) is 3. The van der Waals surface area contributed by atoms with Crippen molar-refractivity contribution < 1.29 is 9.59 Å². The number of amides is 2. The quantitative estimate of drug-likeness (QED) is 0.754. The maximum absolute atomic E-state index is 13.2. The van der Waals surface area contributed by atoms with Gasteiger partial charge in [0.1, 0.15) is 11.7 Å². The SMILES string of the molecule is CCCC(NC(=O)c1cc(C2CC2)n(C(C)(C)C)n1)C(=O)N1CCc2sccc2C1. The lowest BCUT2D eigenvalue weighted by Gasteiger charge is -2.30. The van der Waals surface area contributed by atoms with Crippen molar-refractivity contribution in [2.75, 3.05) is 6.54 Å². The summed E-state index contributed by atoms with van der Waals surface area (Å²) in [6, 6.07) is 3.52. The van der Waals surface area contributed by atoms with Gasteiger partial charge in [-0.2, -0.15) is 5.10 Å². The van der Waals surface area contributed by atoms with E-state index in [2.05, 4.69) is 42.6 Å². The Morgan fingerprint density at radius 3 is 2.77 bits per heavy atom. The molecule has 2 aromatic heterocycles. The Hall–Kier alpha value is -2.15. The van der Waals surface area contributed by atoms with Crippen LogP contribution in [-0.4, -0.2) is 39.1 Å².